The Balaban J connectivity index is 2.16. The van der Waals surface area contributed by atoms with E-state index in [2.05, 4.69) is 5.43 Å². The smallest absolute Gasteiger partial charge is 0.0976 e. The highest BCUT2D eigenvalue weighted by Crippen LogP contribution is 2.35. The normalized spacial score (nSPS) is 24.0. The van der Waals surface area contributed by atoms with Crippen LogP contribution in [0.5, 0.6) is 0 Å². The van der Waals surface area contributed by atoms with Gasteiger partial charge in [-0.25, -0.2) is 0 Å². The number of thiophene rings is 1. The van der Waals surface area contributed by atoms with Crippen molar-refractivity contribution in [2.45, 2.75) is 12.5 Å². The third-order valence-electron chi connectivity index (χ3n) is 2.60. The van der Waals surface area contributed by atoms with Crippen molar-refractivity contribution in [1.29, 1.82) is 0 Å². The van der Waals surface area contributed by atoms with Crippen LogP contribution in [0.25, 0.3) is 0 Å². The van der Waals surface area contributed by atoms with Crippen molar-refractivity contribution in [3.05, 3.63) is 21.3 Å². The number of rotatable bonds is 3. The first-order valence-corrected chi connectivity index (χ1v) is 5.85. The van der Waals surface area contributed by atoms with Gasteiger partial charge in [0.2, 0.25) is 0 Å². The van der Waals surface area contributed by atoms with Crippen molar-refractivity contribution in [3.8, 4) is 0 Å². The van der Waals surface area contributed by atoms with E-state index in [0.717, 1.165) is 29.5 Å². The van der Waals surface area contributed by atoms with E-state index in [-0.39, 0.29) is 6.04 Å². The maximum absolute atomic E-state index is 6.07. The van der Waals surface area contributed by atoms with Crippen LogP contribution in [0.3, 0.4) is 0 Å². The van der Waals surface area contributed by atoms with Gasteiger partial charge >= 0.3 is 0 Å². The second-order valence-electron chi connectivity index (χ2n) is 3.42. The molecule has 1 saturated heterocycles. The number of hydrogen-bond donors (Lipinski definition) is 2. The van der Waals surface area contributed by atoms with Crippen molar-refractivity contribution in [1.82, 2.24) is 5.43 Å². The zero-order valence-electron chi connectivity index (χ0n) is 7.70. The first kappa shape index (κ1) is 10.4. The predicted molar refractivity (Wildman–Crippen MR) is 58.3 cm³/mol. The van der Waals surface area contributed by atoms with Crippen molar-refractivity contribution in [2.24, 2.45) is 11.8 Å². The lowest BCUT2D eigenvalue weighted by molar-refractivity contribution is 0.177. The first-order chi connectivity index (χ1) is 6.83. The summed E-state index contributed by atoms with van der Waals surface area (Å²) < 4.78 is 6.16. The fourth-order valence-electron chi connectivity index (χ4n) is 1.82. The molecule has 1 aliphatic rings. The average Bonchev–Trinajstić information content (AvgIpc) is 2.80. The minimum atomic E-state index is 0.122. The zero-order chi connectivity index (χ0) is 9.97. The molecule has 0 aromatic carbocycles. The Morgan fingerprint density at radius 1 is 1.71 bits per heavy atom. The lowest BCUT2D eigenvalue weighted by Crippen LogP contribution is -2.33. The third kappa shape index (κ3) is 1.94. The zero-order valence-corrected chi connectivity index (χ0v) is 9.27. The van der Waals surface area contributed by atoms with Gasteiger partial charge in [0.15, 0.2) is 0 Å². The fraction of sp³-hybridized carbons (Fsp3) is 0.556. The largest absolute Gasteiger partial charge is 0.381 e. The van der Waals surface area contributed by atoms with Crippen LogP contribution in [0.15, 0.2) is 11.4 Å². The second kappa shape index (κ2) is 4.59. The van der Waals surface area contributed by atoms with Gasteiger partial charge < -0.3 is 4.74 Å². The molecule has 5 heteroatoms. The summed E-state index contributed by atoms with van der Waals surface area (Å²) in [6, 6.07) is 2.15. The minimum Gasteiger partial charge on any atom is -0.381 e. The Morgan fingerprint density at radius 2 is 2.57 bits per heavy atom. The molecule has 78 valence electrons. The molecule has 1 aromatic rings. The molecule has 14 heavy (non-hydrogen) atoms. The molecule has 0 amide bonds. The summed E-state index contributed by atoms with van der Waals surface area (Å²) in [5, 5.41) is 1.98. The average molecular weight is 233 g/mol. The van der Waals surface area contributed by atoms with Gasteiger partial charge in [0.05, 0.1) is 17.0 Å². The molecule has 0 radical (unpaired) electrons. The van der Waals surface area contributed by atoms with Crippen LogP contribution < -0.4 is 11.3 Å². The van der Waals surface area contributed by atoms with E-state index >= 15 is 0 Å². The highest BCUT2D eigenvalue weighted by Gasteiger charge is 2.27. The Morgan fingerprint density at radius 3 is 3.07 bits per heavy atom. The van der Waals surface area contributed by atoms with Gasteiger partial charge in [-0.15, -0.1) is 11.3 Å². The molecule has 1 aromatic heterocycles. The van der Waals surface area contributed by atoms with Crippen molar-refractivity contribution in [2.75, 3.05) is 13.2 Å². The van der Waals surface area contributed by atoms with E-state index < -0.39 is 0 Å². The van der Waals surface area contributed by atoms with Crippen molar-refractivity contribution in [3.63, 3.8) is 0 Å². The van der Waals surface area contributed by atoms with Gasteiger partial charge in [0, 0.05) is 18.1 Å². The predicted octanol–water partition coefficient (Wildman–Crippen LogP) is 1.94. The molecule has 3 nitrogen and oxygen atoms in total. The van der Waals surface area contributed by atoms with E-state index in [1.165, 1.54) is 11.3 Å². The Hall–Kier alpha value is -0.130. The van der Waals surface area contributed by atoms with Crippen LogP contribution in [-0.2, 0) is 4.74 Å². The quantitative estimate of drug-likeness (QED) is 0.619. The second-order valence-corrected chi connectivity index (χ2v) is 4.94. The molecule has 0 saturated carbocycles. The van der Waals surface area contributed by atoms with E-state index in [1.54, 1.807) is 0 Å². The highest BCUT2D eigenvalue weighted by atomic mass is 35.5. The molecule has 1 aliphatic heterocycles. The summed E-state index contributed by atoms with van der Waals surface area (Å²) >= 11 is 7.61. The van der Waals surface area contributed by atoms with Gasteiger partial charge in [-0.05, 0) is 17.9 Å². The molecular weight excluding hydrogens is 220 g/mol. The van der Waals surface area contributed by atoms with Crippen LogP contribution in [0.4, 0.5) is 0 Å². The molecule has 2 rings (SSSR count). The van der Waals surface area contributed by atoms with Crippen LogP contribution in [-0.4, -0.2) is 13.2 Å². The van der Waals surface area contributed by atoms with Crippen LogP contribution in [0.2, 0.25) is 4.34 Å². The fourth-order valence-corrected chi connectivity index (χ4v) is 2.82. The SMILES string of the molecule is NNC(c1ccsc1Cl)C1CCOC1. The maximum Gasteiger partial charge on any atom is 0.0976 e. The lowest BCUT2D eigenvalue weighted by Gasteiger charge is -2.20. The molecule has 2 unspecified atom stereocenters. The van der Waals surface area contributed by atoms with Gasteiger partial charge in [-0.1, -0.05) is 11.6 Å². The summed E-state index contributed by atoms with van der Waals surface area (Å²) in [4.78, 5) is 0. The van der Waals surface area contributed by atoms with E-state index in [9.17, 15) is 0 Å². The van der Waals surface area contributed by atoms with Crippen molar-refractivity contribution >= 4 is 22.9 Å². The minimum absolute atomic E-state index is 0.122. The molecule has 2 atom stereocenters. The number of hydrogen-bond acceptors (Lipinski definition) is 4. The van der Waals surface area contributed by atoms with E-state index in [1.807, 2.05) is 11.4 Å². The van der Waals surface area contributed by atoms with Crippen LogP contribution in [0, 0.1) is 5.92 Å². The first-order valence-electron chi connectivity index (χ1n) is 4.59. The highest BCUT2D eigenvalue weighted by molar-refractivity contribution is 7.14. The number of halogens is 1. The van der Waals surface area contributed by atoms with Crippen LogP contribution >= 0.6 is 22.9 Å². The Labute approximate surface area is 92.2 Å². The summed E-state index contributed by atoms with van der Waals surface area (Å²) in [7, 11) is 0. The molecular formula is C9H13ClN2OS. The van der Waals surface area contributed by atoms with Gasteiger partial charge in [-0.3, -0.25) is 11.3 Å². The lowest BCUT2D eigenvalue weighted by atomic mass is 9.95. The standard InChI is InChI=1S/C9H13ClN2OS/c10-9-7(2-4-14-9)8(12-11)6-1-3-13-5-6/h2,4,6,8,12H,1,3,5,11H2. The van der Waals surface area contributed by atoms with Gasteiger partial charge in [-0.2, -0.15) is 0 Å². The van der Waals surface area contributed by atoms with Gasteiger partial charge in [0.1, 0.15) is 0 Å². The Kier molecular flexibility index (Phi) is 3.41. The molecule has 0 spiro atoms. The number of nitrogens with two attached hydrogens (primary N) is 1. The summed E-state index contributed by atoms with van der Waals surface area (Å²) in [5.74, 6) is 5.99. The molecule has 0 bridgehead atoms. The maximum atomic E-state index is 6.07. The van der Waals surface area contributed by atoms with Crippen LogP contribution in [0.1, 0.15) is 18.0 Å². The molecule has 1 fully saturated rings. The number of ether oxygens (including phenoxy) is 1. The third-order valence-corrected chi connectivity index (χ3v) is 3.80. The van der Waals surface area contributed by atoms with Gasteiger partial charge in [0.25, 0.3) is 0 Å². The van der Waals surface area contributed by atoms with Crippen molar-refractivity contribution < 1.29 is 4.74 Å². The van der Waals surface area contributed by atoms with E-state index in [0.29, 0.717) is 5.92 Å². The number of hydrazine groups is 1. The summed E-state index contributed by atoms with van der Waals surface area (Å²) in [6.45, 7) is 1.59. The van der Waals surface area contributed by atoms with E-state index in [4.69, 9.17) is 22.2 Å². The topological polar surface area (TPSA) is 47.3 Å². The Bertz CT molecular complexity index is 299. The summed E-state index contributed by atoms with van der Waals surface area (Å²) in [6.07, 6.45) is 1.04. The monoisotopic (exact) mass is 232 g/mol. The number of nitrogens with one attached hydrogen (secondary N) is 1. The molecule has 2 heterocycles. The molecule has 0 aliphatic carbocycles. The summed E-state index contributed by atoms with van der Waals surface area (Å²) in [5.41, 5.74) is 3.92. The molecule has 3 N–H and O–H groups in total.